The molecule has 0 aliphatic rings. The van der Waals surface area contributed by atoms with E-state index in [-0.39, 0.29) is 5.69 Å². The topological polar surface area (TPSA) is 85.9 Å². The number of carbonyl (C=O) groups is 1. The second-order valence-electron chi connectivity index (χ2n) is 5.78. The van der Waals surface area contributed by atoms with Crippen molar-refractivity contribution in [1.29, 1.82) is 0 Å². The van der Waals surface area contributed by atoms with Gasteiger partial charge in [0.15, 0.2) is 0 Å². The van der Waals surface area contributed by atoms with Crippen LogP contribution in [0.4, 0.5) is 0 Å². The molecule has 0 spiro atoms. The molecule has 8 heteroatoms. The number of hydrazone groups is 1. The van der Waals surface area contributed by atoms with E-state index in [0.717, 1.165) is 22.0 Å². The summed E-state index contributed by atoms with van der Waals surface area (Å²) in [5, 5.41) is 12.8. The number of hydrogen-bond donors (Lipinski definition) is 3. The molecule has 134 valence electrons. The fraction of sp³-hybridized carbons (Fsp3) is 0. The zero-order chi connectivity index (χ0) is 18.8. The van der Waals surface area contributed by atoms with E-state index in [9.17, 15) is 4.79 Å². The van der Waals surface area contributed by atoms with Gasteiger partial charge in [0.05, 0.1) is 22.0 Å². The summed E-state index contributed by atoms with van der Waals surface area (Å²) in [5.74, 6) is -0.398. The second-order valence-corrected chi connectivity index (χ2v) is 6.60. The number of H-pyrrole nitrogens is 2. The minimum atomic E-state index is -0.398. The van der Waals surface area contributed by atoms with E-state index in [1.807, 2.05) is 30.5 Å². The standard InChI is InChI=1S/C19H13Cl2N5O/c20-14-6-5-11(7-15(14)21)17-8-18(25-24-17)19(27)26-23-10-12-9-22-16-4-2-1-3-13(12)16/h1-10,22H,(H,24,25)(H,26,27)/b23-10+. The van der Waals surface area contributed by atoms with Gasteiger partial charge in [-0.05, 0) is 24.3 Å². The Morgan fingerprint density at radius 1 is 1.11 bits per heavy atom. The minimum Gasteiger partial charge on any atom is -0.361 e. The van der Waals surface area contributed by atoms with Crippen LogP contribution in [0.5, 0.6) is 0 Å². The molecule has 0 aliphatic heterocycles. The van der Waals surface area contributed by atoms with Gasteiger partial charge in [-0.25, -0.2) is 5.43 Å². The lowest BCUT2D eigenvalue weighted by atomic mass is 10.1. The Morgan fingerprint density at radius 3 is 2.81 bits per heavy atom. The first-order valence-electron chi connectivity index (χ1n) is 8.02. The monoisotopic (exact) mass is 397 g/mol. The quantitative estimate of drug-likeness (QED) is 0.346. The molecule has 0 atom stereocenters. The predicted octanol–water partition coefficient (Wildman–Crippen LogP) is 4.63. The molecule has 4 rings (SSSR count). The summed E-state index contributed by atoms with van der Waals surface area (Å²) in [6, 6.07) is 14.6. The van der Waals surface area contributed by atoms with E-state index in [4.69, 9.17) is 23.2 Å². The summed E-state index contributed by atoms with van der Waals surface area (Å²) in [4.78, 5) is 15.4. The maximum absolute atomic E-state index is 12.3. The van der Waals surface area contributed by atoms with Crippen LogP contribution >= 0.6 is 23.2 Å². The van der Waals surface area contributed by atoms with Gasteiger partial charge in [-0.15, -0.1) is 0 Å². The zero-order valence-corrected chi connectivity index (χ0v) is 15.3. The molecular formula is C19H13Cl2N5O. The molecule has 2 aromatic heterocycles. The lowest BCUT2D eigenvalue weighted by molar-refractivity contribution is 0.0950. The number of fused-ring (bicyclic) bond motifs is 1. The third-order valence-electron chi connectivity index (χ3n) is 4.03. The number of carbonyl (C=O) groups excluding carboxylic acids is 1. The molecule has 3 N–H and O–H groups in total. The highest BCUT2D eigenvalue weighted by Crippen LogP contribution is 2.27. The largest absolute Gasteiger partial charge is 0.361 e. The van der Waals surface area contributed by atoms with E-state index in [2.05, 4.69) is 25.7 Å². The fourth-order valence-electron chi connectivity index (χ4n) is 2.66. The number of nitrogens with one attached hydrogen (secondary N) is 3. The van der Waals surface area contributed by atoms with Gasteiger partial charge in [0, 0.05) is 28.2 Å². The van der Waals surface area contributed by atoms with Crippen LogP contribution in [-0.4, -0.2) is 27.3 Å². The van der Waals surface area contributed by atoms with Gasteiger partial charge in [0.2, 0.25) is 0 Å². The van der Waals surface area contributed by atoms with E-state index in [1.165, 1.54) is 0 Å². The first-order valence-corrected chi connectivity index (χ1v) is 8.78. The number of aromatic nitrogens is 3. The average Bonchev–Trinajstić information content (AvgIpc) is 3.32. The maximum atomic E-state index is 12.3. The number of benzene rings is 2. The first-order chi connectivity index (χ1) is 13.1. The van der Waals surface area contributed by atoms with Crippen molar-refractivity contribution in [1.82, 2.24) is 20.6 Å². The van der Waals surface area contributed by atoms with Gasteiger partial charge >= 0.3 is 0 Å². The summed E-state index contributed by atoms with van der Waals surface area (Å²) in [5.41, 5.74) is 5.99. The Balaban J connectivity index is 1.47. The molecule has 0 radical (unpaired) electrons. The number of hydrogen-bond acceptors (Lipinski definition) is 3. The van der Waals surface area contributed by atoms with Crippen LogP contribution < -0.4 is 5.43 Å². The van der Waals surface area contributed by atoms with Gasteiger partial charge < -0.3 is 4.98 Å². The van der Waals surface area contributed by atoms with Crippen molar-refractivity contribution in [3.63, 3.8) is 0 Å². The number of aromatic amines is 2. The van der Waals surface area contributed by atoms with Crippen LogP contribution in [0, 0.1) is 0 Å². The summed E-state index contributed by atoms with van der Waals surface area (Å²) in [7, 11) is 0. The lowest BCUT2D eigenvalue weighted by Crippen LogP contribution is -2.17. The van der Waals surface area contributed by atoms with Crippen LogP contribution in [0.15, 0.2) is 59.8 Å². The Kier molecular flexibility index (Phi) is 4.66. The van der Waals surface area contributed by atoms with Crippen LogP contribution in [0.2, 0.25) is 10.0 Å². The smallest absolute Gasteiger partial charge is 0.289 e. The van der Waals surface area contributed by atoms with Crippen molar-refractivity contribution in [2.45, 2.75) is 0 Å². The molecule has 2 heterocycles. The lowest BCUT2D eigenvalue weighted by Gasteiger charge is -1.98. The number of rotatable bonds is 4. The van der Waals surface area contributed by atoms with E-state index >= 15 is 0 Å². The Morgan fingerprint density at radius 2 is 1.96 bits per heavy atom. The first kappa shape index (κ1) is 17.3. The highest BCUT2D eigenvalue weighted by atomic mass is 35.5. The molecule has 1 amide bonds. The molecule has 4 aromatic rings. The SMILES string of the molecule is O=C(N/N=C/c1c[nH]c2ccccc12)c1cc(-c2ccc(Cl)c(Cl)c2)n[nH]1. The van der Waals surface area contributed by atoms with E-state index < -0.39 is 5.91 Å². The van der Waals surface area contributed by atoms with Crippen LogP contribution in [0.3, 0.4) is 0 Å². The Hall–Kier alpha value is -3.09. The highest BCUT2D eigenvalue weighted by molar-refractivity contribution is 6.42. The Labute approximate surface area is 164 Å². The zero-order valence-electron chi connectivity index (χ0n) is 13.8. The molecule has 0 aliphatic carbocycles. The number of nitrogens with zero attached hydrogens (tertiary/aromatic N) is 2. The Bertz CT molecular complexity index is 1160. The number of para-hydroxylation sites is 1. The third kappa shape index (κ3) is 3.58. The average molecular weight is 398 g/mol. The van der Waals surface area contributed by atoms with Gasteiger partial charge in [-0.3, -0.25) is 9.89 Å². The highest BCUT2D eigenvalue weighted by Gasteiger charge is 2.11. The number of halogens is 2. The van der Waals surface area contributed by atoms with Crippen molar-refractivity contribution in [3.05, 3.63) is 76.0 Å². The van der Waals surface area contributed by atoms with E-state index in [1.54, 1.807) is 30.5 Å². The normalized spacial score (nSPS) is 11.3. The van der Waals surface area contributed by atoms with Crippen molar-refractivity contribution in [2.75, 3.05) is 0 Å². The number of amides is 1. The molecule has 2 aromatic carbocycles. The molecule has 0 saturated heterocycles. The summed E-state index contributed by atoms with van der Waals surface area (Å²) < 4.78 is 0. The summed E-state index contributed by atoms with van der Waals surface area (Å²) in [6.07, 6.45) is 3.42. The van der Waals surface area contributed by atoms with Gasteiger partial charge in [0.1, 0.15) is 5.69 Å². The summed E-state index contributed by atoms with van der Waals surface area (Å²) >= 11 is 11.9. The van der Waals surface area contributed by atoms with Gasteiger partial charge in [-0.1, -0.05) is 47.5 Å². The van der Waals surface area contributed by atoms with Crippen molar-refractivity contribution in [2.24, 2.45) is 5.10 Å². The van der Waals surface area contributed by atoms with Crippen LogP contribution in [0.1, 0.15) is 16.1 Å². The van der Waals surface area contributed by atoms with Gasteiger partial charge in [-0.2, -0.15) is 10.2 Å². The molecule has 27 heavy (non-hydrogen) atoms. The molecule has 0 saturated carbocycles. The van der Waals surface area contributed by atoms with Crippen LogP contribution in [-0.2, 0) is 0 Å². The third-order valence-corrected chi connectivity index (χ3v) is 4.77. The van der Waals surface area contributed by atoms with Crippen molar-refractivity contribution >= 4 is 46.2 Å². The maximum Gasteiger partial charge on any atom is 0.289 e. The summed E-state index contributed by atoms with van der Waals surface area (Å²) in [6.45, 7) is 0. The fourth-order valence-corrected chi connectivity index (χ4v) is 2.96. The second kappa shape index (κ2) is 7.26. The van der Waals surface area contributed by atoms with Crippen molar-refractivity contribution < 1.29 is 4.79 Å². The molecule has 6 nitrogen and oxygen atoms in total. The molecule has 0 bridgehead atoms. The molecule has 0 unspecified atom stereocenters. The predicted molar refractivity (Wildman–Crippen MR) is 107 cm³/mol. The van der Waals surface area contributed by atoms with Crippen LogP contribution in [0.25, 0.3) is 22.2 Å². The van der Waals surface area contributed by atoms with E-state index in [0.29, 0.717) is 15.7 Å². The van der Waals surface area contributed by atoms with Crippen molar-refractivity contribution in [3.8, 4) is 11.3 Å². The molecular weight excluding hydrogens is 385 g/mol. The molecule has 0 fully saturated rings. The van der Waals surface area contributed by atoms with Gasteiger partial charge in [0.25, 0.3) is 5.91 Å². The minimum absolute atomic E-state index is 0.284.